The number of imidazole rings is 1. The summed E-state index contributed by atoms with van der Waals surface area (Å²) >= 11 is 5.96. The van der Waals surface area contributed by atoms with Crippen LogP contribution in [0.5, 0.6) is 0 Å². The lowest BCUT2D eigenvalue weighted by Gasteiger charge is -2.18. The van der Waals surface area contributed by atoms with E-state index in [9.17, 15) is 0 Å². The molecule has 2 aromatic heterocycles. The molecule has 3 rings (SSSR count). The van der Waals surface area contributed by atoms with Gasteiger partial charge in [0.15, 0.2) is 0 Å². The normalized spacial score (nSPS) is 12.4. The molecule has 0 aliphatic carbocycles. The molecule has 0 saturated carbocycles. The minimum atomic E-state index is 0.118. The predicted molar refractivity (Wildman–Crippen MR) is 82.1 cm³/mol. The Labute approximate surface area is 128 Å². The highest BCUT2D eigenvalue weighted by molar-refractivity contribution is 6.30. The minimum absolute atomic E-state index is 0.118. The average molecular weight is 302 g/mol. The van der Waals surface area contributed by atoms with Gasteiger partial charge in [0.2, 0.25) is 0 Å². The number of H-pyrrole nitrogens is 1. The van der Waals surface area contributed by atoms with Crippen molar-refractivity contribution in [3.05, 3.63) is 71.5 Å². The third-order valence-corrected chi connectivity index (χ3v) is 3.54. The number of nitrogens with zero attached hydrogens (tertiary/aromatic N) is 3. The second-order valence-electron chi connectivity index (χ2n) is 4.72. The first-order chi connectivity index (χ1) is 10.3. The maximum atomic E-state index is 5.96. The van der Waals surface area contributed by atoms with Crippen LogP contribution in [0.3, 0.4) is 0 Å². The van der Waals surface area contributed by atoms with E-state index in [1.165, 1.54) is 0 Å². The van der Waals surface area contributed by atoms with E-state index in [-0.39, 0.29) is 6.04 Å². The zero-order valence-corrected chi connectivity index (χ0v) is 12.2. The summed E-state index contributed by atoms with van der Waals surface area (Å²) in [5, 5.41) is 8.49. The lowest BCUT2D eigenvalue weighted by molar-refractivity contribution is 0.476. The number of hydrogen-bond acceptors (Lipinski definition) is 3. The minimum Gasteiger partial charge on any atom is -0.348 e. The molecule has 2 N–H and O–H groups in total. The molecule has 0 bridgehead atoms. The van der Waals surface area contributed by atoms with E-state index in [1.54, 1.807) is 12.4 Å². The van der Waals surface area contributed by atoms with Gasteiger partial charge < -0.3 is 10.3 Å². The number of hydrogen-bond donors (Lipinski definition) is 2. The van der Waals surface area contributed by atoms with Crippen LogP contribution in [0.2, 0.25) is 5.02 Å². The number of halogens is 1. The summed E-state index contributed by atoms with van der Waals surface area (Å²) in [5.74, 6) is 0.922. The van der Waals surface area contributed by atoms with Crippen molar-refractivity contribution in [1.82, 2.24) is 25.1 Å². The predicted octanol–water partition coefficient (Wildman–Crippen LogP) is 2.64. The fraction of sp³-hybridized carbons (Fsp3) is 0.200. The zero-order chi connectivity index (χ0) is 14.5. The average Bonchev–Trinajstić information content (AvgIpc) is 3.18. The van der Waals surface area contributed by atoms with E-state index in [1.807, 2.05) is 47.4 Å². The summed E-state index contributed by atoms with van der Waals surface area (Å²) in [5.41, 5.74) is 1.16. The van der Waals surface area contributed by atoms with Crippen molar-refractivity contribution >= 4 is 11.6 Å². The van der Waals surface area contributed by atoms with Crippen LogP contribution in [0.4, 0.5) is 0 Å². The number of aromatic amines is 1. The molecule has 0 unspecified atom stereocenters. The molecule has 0 radical (unpaired) electrons. The number of aromatic nitrogens is 4. The molecule has 108 valence electrons. The molecule has 5 nitrogen and oxygen atoms in total. The van der Waals surface area contributed by atoms with E-state index in [0.29, 0.717) is 6.54 Å². The van der Waals surface area contributed by atoms with Crippen LogP contribution in [0.15, 0.2) is 55.1 Å². The summed E-state index contributed by atoms with van der Waals surface area (Å²) in [4.78, 5) is 7.28. The molecule has 0 amide bonds. The molecular formula is C15H16ClN5. The molecule has 6 heteroatoms. The first kappa shape index (κ1) is 13.9. The highest BCUT2D eigenvalue weighted by atomic mass is 35.5. The van der Waals surface area contributed by atoms with Crippen molar-refractivity contribution in [2.45, 2.75) is 12.6 Å². The van der Waals surface area contributed by atoms with E-state index in [0.717, 1.165) is 23.0 Å². The van der Waals surface area contributed by atoms with Crippen molar-refractivity contribution in [3.63, 3.8) is 0 Å². The van der Waals surface area contributed by atoms with E-state index >= 15 is 0 Å². The van der Waals surface area contributed by atoms with Crippen LogP contribution in [0, 0.1) is 0 Å². The second kappa shape index (κ2) is 6.56. The quantitative estimate of drug-likeness (QED) is 0.736. The molecule has 1 atom stereocenters. The maximum Gasteiger partial charge on any atom is 0.120 e. The first-order valence-electron chi connectivity index (χ1n) is 6.76. The van der Waals surface area contributed by atoms with Gasteiger partial charge in [-0.25, -0.2) is 4.98 Å². The lowest BCUT2D eigenvalue weighted by atomic mass is 10.1. The molecule has 0 fully saturated rings. The smallest absolute Gasteiger partial charge is 0.120 e. The van der Waals surface area contributed by atoms with Gasteiger partial charge in [-0.2, -0.15) is 5.10 Å². The fourth-order valence-electron chi connectivity index (χ4n) is 2.24. The van der Waals surface area contributed by atoms with Crippen molar-refractivity contribution in [2.75, 3.05) is 6.54 Å². The highest BCUT2D eigenvalue weighted by Crippen LogP contribution is 2.19. The van der Waals surface area contributed by atoms with Crippen molar-refractivity contribution in [1.29, 1.82) is 0 Å². The standard InChI is InChI=1S/C15H16ClN5/c16-13-4-2-12(3-5-13)14(21-9-1-6-20-21)10-17-11-15-18-7-8-19-15/h1-9,14,17H,10-11H2,(H,18,19)/t14-/m0/s1. The lowest BCUT2D eigenvalue weighted by Crippen LogP contribution is -2.26. The SMILES string of the molecule is Clc1ccc([C@H](CNCc2ncc[nH]2)n2cccn2)cc1. The van der Waals surface area contributed by atoms with Gasteiger partial charge in [0.25, 0.3) is 0 Å². The Morgan fingerprint density at radius 2 is 2.10 bits per heavy atom. The molecule has 1 aromatic carbocycles. The molecule has 0 saturated heterocycles. The summed E-state index contributed by atoms with van der Waals surface area (Å²) in [6, 6.07) is 9.91. The Morgan fingerprint density at radius 1 is 1.24 bits per heavy atom. The maximum absolute atomic E-state index is 5.96. The third kappa shape index (κ3) is 3.51. The van der Waals surface area contributed by atoms with E-state index in [2.05, 4.69) is 20.4 Å². The molecule has 0 spiro atoms. The molecular weight excluding hydrogens is 286 g/mol. The first-order valence-corrected chi connectivity index (χ1v) is 7.14. The Morgan fingerprint density at radius 3 is 2.76 bits per heavy atom. The fourth-order valence-corrected chi connectivity index (χ4v) is 2.36. The van der Waals surface area contributed by atoms with Crippen LogP contribution < -0.4 is 5.32 Å². The van der Waals surface area contributed by atoms with Crippen LogP contribution >= 0.6 is 11.6 Å². The van der Waals surface area contributed by atoms with Crippen molar-refractivity contribution in [3.8, 4) is 0 Å². The largest absolute Gasteiger partial charge is 0.348 e. The van der Waals surface area contributed by atoms with Crippen LogP contribution in [-0.2, 0) is 6.54 Å². The molecule has 2 heterocycles. The Kier molecular flexibility index (Phi) is 4.33. The summed E-state index contributed by atoms with van der Waals surface area (Å²) in [6.07, 6.45) is 7.33. The van der Waals surface area contributed by atoms with Gasteiger partial charge in [-0.05, 0) is 23.8 Å². The van der Waals surface area contributed by atoms with Gasteiger partial charge in [-0.3, -0.25) is 4.68 Å². The highest BCUT2D eigenvalue weighted by Gasteiger charge is 2.13. The third-order valence-electron chi connectivity index (χ3n) is 3.28. The van der Waals surface area contributed by atoms with Crippen LogP contribution in [-0.4, -0.2) is 26.3 Å². The number of nitrogens with one attached hydrogen (secondary N) is 2. The van der Waals surface area contributed by atoms with Gasteiger partial charge in [0.1, 0.15) is 5.82 Å². The van der Waals surface area contributed by atoms with E-state index < -0.39 is 0 Å². The summed E-state index contributed by atoms with van der Waals surface area (Å²) in [6.45, 7) is 1.45. The Bertz CT molecular complexity index is 646. The summed E-state index contributed by atoms with van der Waals surface area (Å²) in [7, 11) is 0. The van der Waals surface area contributed by atoms with Gasteiger partial charge in [-0.1, -0.05) is 23.7 Å². The van der Waals surface area contributed by atoms with Crippen LogP contribution in [0.1, 0.15) is 17.4 Å². The monoisotopic (exact) mass is 301 g/mol. The molecule has 3 aromatic rings. The number of rotatable bonds is 6. The Balaban J connectivity index is 1.72. The van der Waals surface area contributed by atoms with E-state index in [4.69, 9.17) is 11.6 Å². The van der Waals surface area contributed by atoms with Gasteiger partial charge in [-0.15, -0.1) is 0 Å². The van der Waals surface area contributed by atoms with Gasteiger partial charge >= 0.3 is 0 Å². The van der Waals surface area contributed by atoms with Crippen molar-refractivity contribution < 1.29 is 0 Å². The topological polar surface area (TPSA) is 58.5 Å². The zero-order valence-electron chi connectivity index (χ0n) is 11.4. The molecule has 21 heavy (non-hydrogen) atoms. The van der Waals surface area contributed by atoms with Gasteiger partial charge in [0, 0.05) is 36.4 Å². The molecule has 0 aliphatic rings. The second-order valence-corrected chi connectivity index (χ2v) is 5.16. The number of benzene rings is 1. The summed E-state index contributed by atoms with van der Waals surface area (Å²) < 4.78 is 1.94. The van der Waals surface area contributed by atoms with Crippen molar-refractivity contribution in [2.24, 2.45) is 0 Å². The Hall–Kier alpha value is -2.11. The molecule has 0 aliphatic heterocycles. The van der Waals surface area contributed by atoms with Crippen LogP contribution in [0.25, 0.3) is 0 Å². The van der Waals surface area contributed by atoms with Gasteiger partial charge in [0.05, 0.1) is 12.6 Å².